The highest BCUT2D eigenvalue weighted by atomic mass is 19.3. The largest absolute Gasteiger partial charge is 0.434 e. The molecular formula is C18H25F2N3O3. The first-order chi connectivity index (χ1) is 12.4. The van der Waals surface area contributed by atoms with E-state index in [9.17, 15) is 18.4 Å². The van der Waals surface area contributed by atoms with Crippen molar-refractivity contribution in [3.05, 3.63) is 29.8 Å². The Hall–Kier alpha value is -2.22. The molecule has 1 fully saturated rings. The Balaban J connectivity index is 1.95. The molecule has 0 radical (unpaired) electrons. The molecule has 0 aliphatic carbocycles. The molecule has 2 amide bonds. The van der Waals surface area contributed by atoms with E-state index >= 15 is 0 Å². The van der Waals surface area contributed by atoms with Crippen molar-refractivity contribution < 1.29 is 23.1 Å². The van der Waals surface area contributed by atoms with Crippen LogP contribution in [0.2, 0.25) is 0 Å². The number of hydrogen-bond donors (Lipinski definition) is 1. The summed E-state index contributed by atoms with van der Waals surface area (Å²) in [5, 5.41) is 2.87. The van der Waals surface area contributed by atoms with Crippen molar-refractivity contribution in [2.75, 3.05) is 32.7 Å². The lowest BCUT2D eigenvalue weighted by Crippen LogP contribution is -2.55. The van der Waals surface area contributed by atoms with Crippen LogP contribution in [0.25, 0.3) is 0 Å². The van der Waals surface area contributed by atoms with E-state index in [1.165, 1.54) is 12.1 Å². The highest BCUT2D eigenvalue weighted by Gasteiger charge is 2.29. The molecule has 6 nitrogen and oxygen atoms in total. The first-order valence-corrected chi connectivity index (χ1v) is 8.79. The van der Waals surface area contributed by atoms with Crippen LogP contribution in [0.4, 0.5) is 8.78 Å². The van der Waals surface area contributed by atoms with Crippen molar-refractivity contribution in [2.45, 2.75) is 32.9 Å². The Morgan fingerprint density at radius 1 is 1.19 bits per heavy atom. The van der Waals surface area contributed by atoms with Gasteiger partial charge in [0.2, 0.25) is 5.91 Å². The van der Waals surface area contributed by atoms with Gasteiger partial charge >= 0.3 is 6.61 Å². The first-order valence-electron chi connectivity index (χ1n) is 8.79. The molecule has 1 aromatic rings. The van der Waals surface area contributed by atoms with Gasteiger partial charge in [-0.15, -0.1) is 0 Å². The normalized spacial score (nSPS) is 16.4. The molecule has 1 N–H and O–H groups in total. The number of rotatable bonds is 7. The number of piperazine rings is 1. The average Bonchev–Trinajstić information content (AvgIpc) is 2.65. The Morgan fingerprint density at radius 2 is 1.85 bits per heavy atom. The molecule has 0 spiro atoms. The summed E-state index contributed by atoms with van der Waals surface area (Å²) >= 11 is 0. The molecule has 144 valence electrons. The third kappa shape index (κ3) is 5.14. The molecule has 0 saturated carbocycles. The molecule has 1 heterocycles. The van der Waals surface area contributed by atoms with Gasteiger partial charge in [-0.3, -0.25) is 14.5 Å². The molecule has 2 rings (SSSR count). The summed E-state index contributed by atoms with van der Waals surface area (Å²) in [6.07, 6.45) is 0.876. The summed E-state index contributed by atoms with van der Waals surface area (Å²) in [5.41, 5.74) is 0.120. The summed E-state index contributed by atoms with van der Waals surface area (Å²) in [5.74, 6) is -0.492. The van der Waals surface area contributed by atoms with Crippen LogP contribution in [0, 0.1) is 0 Å². The van der Waals surface area contributed by atoms with Crippen molar-refractivity contribution in [2.24, 2.45) is 0 Å². The molecule has 1 atom stereocenters. The Kier molecular flexibility index (Phi) is 7.32. The van der Waals surface area contributed by atoms with E-state index in [4.69, 9.17) is 0 Å². The Labute approximate surface area is 152 Å². The van der Waals surface area contributed by atoms with Gasteiger partial charge in [0.1, 0.15) is 5.75 Å². The molecule has 1 aliphatic heterocycles. The van der Waals surface area contributed by atoms with E-state index in [1.807, 2.05) is 18.7 Å². The highest BCUT2D eigenvalue weighted by Crippen LogP contribution is 2.22. The number of carbonyl (C=O) groups is 2. The predicted molar refractivity (Wildman–Crippen MR) is 93.3 cm³/mol. The first kappa shape index (κ1) is 20.1. The molecule has 0 aromatic heterocycles. The minimum atomic E-state index is -2.98. The van der Waals surface area contributed by atoms with Gasteiger partial charge in [-0.25, -0.2) is 0 Å². The van der Waals surface area contributed by atoms with Gasteiger partial charge in [-0.2, -0.15) is 8.78 Å². The van der Waals surface area contributed by atoms with Gasteiger partial charge in [0, 0.05) is 32.7 Å². The molecule has 8 heteroatoms. The van der Waals surface area contributed by atoms with Crippen molar-refractivity contribution in [1.82, 2.24) is 15.1 Å². The Bertz CT molecular complexity index is 619. The van der Waals surface area contributed by atoms with Crippen molar-refractivity contribution in [3.63, 3.8) is 0 Å². The Morgan fingerprint density at radius 3 is 2.46 bits per heavy atom. The zero-order valence-corrected chi connectivity index (χ0v) is 15.1. The van der Waals surface area contributed by atoms with Crippen molar-refractivity contribution >= 4 is 11.8 Å². The molecule has 1 unspecified atom stereocenters. The van der Waals surface area contributed by atoms with Crippen LogP contribution in [0.1, 0.15) is 30.6 Å². The van der Waals surface area contributed by atoms with Crippen LogP contribution in [0.3, 0.4) is 0 Å². The molecule has 1 saturated heterocycles. The molecule has 0 bridgehead atoms. The zero-order chi connectivity index (χ0) is 19.1. The van der Waals surface area contributed by atoms with E-state index in [0.717, 1.165) is 6.42 Å². The second-order valence-electron chi connectivity index (χ2n) is 6.17. The van der Waals surface area contributed by atoms with E-state index in [1.54, 1.807) is 17.0 Å². The fourth-order valence-corrected chi connectivity index (χ4v) is 2.89. The van der Waals surface area contributed by atoms with Crippen LogP contribution in [0.5, 0.6) is 5.75 Å². The summed E-state index contributed by atoms with van der Waals surface area (Å²) in [7, 11) is 0. The third-order valence-corrected chi connectivity index (χ3v) is 4.41. The monoisotopic (exact) mass is 369 g/mol. The minimum Gasteiger partial charge on any atom is -0.434 e. The second kappa shape index (κ2) is 9.47. The number of nitrogens with zero attached hydrogens (tertiary/aromatic N) is 2. The van der Waals surface area contributed by atoms with Crippen molar-refractivity contribution in [3.8, 4) is 5.75 Å². The maximum atomic E-state index is 12.7. The minimum absolute atomic E-state index is 0.0256. The van der Waals surface area contributed by atoms with Crippen molar-refractivity contribution in [1.29, 1.82) is 0 Å². The molecule has 1 aliphatic rings. The maximum Gasteiger partial charge on any atom is 0.387 e. The summed E-state index contributed by atoms with van der Waals surface area (Å²) in [6, 6.07) is 5.72. The fourth-order valence-electron chi connectivity index (χ4n) is 2.89. The van der Waals surface area contributed by atoms with E-state index in [-0.39, 0.29) is 29.2 Å². The van der Waals surface area contributed by atoms with E-state index < -0.39 is 6.61 Å². The van der Waals surface area contributed by atoms with Crippen LogP contribution < -0.4 is 10.1 Å². The zero-order valence-electron chi connectivity index (χ0n) is 15.1. The summed E-state index contributed by atoms with van der Waals surface area (Å²) in [6.45, 7) is 3.43. The standard InChI is InChI=1S/C18H25F2N3O3/c1-3-8-21-16(24)13(2)22-9-11-23(12-10-22)17(25)14-6-4-5-7-15(14)26-18(19)20/h4-7,13,18H,3,8-12H2,1-2H3,(H,21,24). The van der Waals surface area contributed by atoms with E-state index in [2.05, 4.69) is 10.1 Å². The van der Waals surface area contributed by atoms with Crippen LogP contribution in [-0.2, 0) is 4.79 Å². The highest BCUT2D eigenvalue weighted by molar-refractivity contribution is 5.97. The topological polar surface area (TPSA) is 61.9 Å². The molecule has 26 heavy (non-hydrogen) atoms. The lowest BCUT2D eigenvalue weighted by Gasteiger charge is -2.37. The number of amides is 2. The lowest BCUT2D eigenvalue weighted by molar-refractivity contribution is -0.126. The number of para-hydroxylation sites is 1. The third-order valence-electron chi connectivity index (χ3n) is 4.41. The molecule has 1 aromatic carbocycles. The van der Waals surface area contributed by atoms with Gasteiger partial charge in [0.25, 0.3) is 5.91 Å². The number of alkyl halides is 2. The predicted octanol–water partition coefficient (Wildman–Crippen LogP) is 1.96. The number of hydrogen-bond acceptors (Lipinski definition) is 4. The fraction of sp³-hybridized carbons (Fsp3) is 0.556. The summed E-state index contributed by atoms with van der Waals surface area (Å²) in [4.78, 5) is 28.3. The number of halogens is 2. The van der Waals surface area contributed by atoms with Crippen LogP contribution in [0.15, 0.2) is 24.3 Å². The smallest absolute Gasteiger partial charge is 0.387 e. The SMILES string of the molecule is CCCNC(=O)C(C)N1CCN(C(=O)c2ccccc2OC(F)F)CC1. The number of nitrogens with one attached hydrogen (secondary N) is 1. The van der Waals surface area contributed by atoms with E-state index in [0.29, 0.717) is 32.7 Å². The van der Waals surface area contributed by atoms with Gasteiger partial charge < -0.3 is 15.0 Å². The van der Waals surface area contributed by atoms with Gasteiger partial charge in [-0.05, 0) is 25.5 Å². The maximum absolute atomic E-state index is 12.7. The van der Waals surface area contributed by atoms with Gasteiger partial charge in [-0.1, -0.05) is 19.1 Å². The molecular weight excluding hydrogens is 344 g/mol. The van der Waals surface area contributed by atoms with Crippen LogP contribution >= 0.6 is 0 Å². The number of ether oxygens (including phenoxy) is 1. The second-order valence-corrected chi connectivity index (χ2v) is 6.17. The quantitative estimate of drug-likeness (QED) is 0.798. The van der Waals surface area contributed by atoms with Gasteiger partial charge in [0.05, 0.1) is 11.6 Å². The van der Waals surface area contributed by atoms with Crippen LogP contribution in [-0.4, -0.2) is 67.0 Å². The summed E-state index contributed by atoms with van der Waals surface area (Å²) < 4.78 is 29.5. The number of carbonyl (C=O) groups excluding carboxylic acids is 2. The lowest BCUT2D eigenvalue weighted by atomic mass is 10.1. The average molecular weight is 369 g/mol. The van der Waals surface area contributed by atoms with Gasteiger partial charge in [0.15, 0.2) is 0 Å². The number of benzene rings is 1.